The zero-order valence-electron chi connectivity index (χ0n) is 10.1. The summed E-state index contributed by atoms with van der Waals surface area (Å²) in [6, 6.07) is 7.55. The molecule has 1 aromatic carbocycles. The molecule has 0 radical (unpaired) electrons. The summed E-state index contributed by atoms with van der Waals surface area (Å²) in [7, 11) is 1.32. The van der Waals surface area contributed by atoms with Gasteiger partial charge in [0.1, 0.15) is 18.5 Å². The van der Waals surface area contributed by atoms with Crippen molar-refractivity contribution >= 4 is 12.2 Å². The van der Waals surface area contributed by atoms with Crippen molar-refractivity contribution in [1.29, 1.82) is 0 Å². The Kier molecular flexibility index (Phi) is 4.20. The highest BCUT2D eigenvalue weighted by Crippen LogP contribution is 2.16. The van der Waals surface area contributed by atoms with Crippen molar-refractivity contribution in [3.05, 3.63) is 36.0 Å². The molecule has 18 heavy (non-hydrogen) atoms. The molecule has 0 spiro atoms. The third kappa shape index (κ3) is 4.10. The second-order valence-electron chi connectivity index (χ2n) is 3.80. The Labute approximate surface area is 105 Å². The number of nitrogens with one attached hydrogen (secondary N) is 1. The minimum atomic E-state index is -0.490. The number of alkyl carbamates (subject to hydrolysis) is 1. The van der Waals surface area contributed by atoms with E-state index in [2.05, 4.69) is 10.1 Å². The quantitative estimate of drug-likeness (QED) is 0.808. The van der Waals surface area contributed by atoms with Crippen LogP contribution in [0, 0.1) is 0 Å². The van der Waals surface area contributed by atoms with Crippen LogP contribution in [0.3, 0.4) is 0 Å². The average molecular weight is 249 g/mol. The molecule has 96 valence electrons. The van der Waals surface area contributed by atoms with Crippen LogP contribution in [0.15, 0.2) is 30.5 Å². The van der Waals surface area contributed by atoms with Gasteiger partial charge in [0.25, 0.3) is 0 Å². The molecular formula is C13H15NO4. The van der Waals surface area contributed by atoms with Gasteiger partial charge in [-0.2, -0.15) is 0 Å². The lowest BCUT2D eigenvalue weighted by molar-refractivity contribution is 0.175. The number of hydrogen-bond acceptors (Lipinski definition) is 4. The average Bonchev–Trinajstić information content (AvgIpc) is 3.21. The van der Waals surface area contributed by atoms with Crippen molar-refractivity contribution in [3.8, 4) is 5.75 Å². The lowest BCUT2D eigenvalue weighted by Gasteiger charge is -2.03. The first-order valence-corrected chi connectivity index (χ1v) is 5.63. The Hall–Kier alpha value is -2.01. The second kappa shape index (κ2) is 6.07. The number of hydrogen-bond donors (Lipinski definition) is 1. The van der Waals surface area contributed by atoms with Gasteiger partial charge in [-0.3, -0.25) is 5.32 Å². The van der Waals surface area contributed by atoms with Gasteiger partial charge in [-0.25, -0.2) is 4.79 Å². The molecule has 0 aliphatic carbocycles. The first-order valence-electron chi connectivity index (χ1n) is 5.63. The molecule has 0 aromatic heterocycles. The van der Waals surface area contributed by atoms with Gasteiger partial charge in [0.15, 0.2) is 0 Å². The fourth-order valence-electron chi connectivity index (χ4n) is 1.29. The van der Waals surface area contributed by atoms with E-state index in [4.69, 9.17) is 9.47 Å². The van der Waals surface area contributed by atoms with E-state index in [-0.39, 0.29) is 6.10 Å². The van der Waals surface area contributed by atoms with E-state index in [0.29, 0.717) is 6.61 Å². The molecule has 0 bridgehead atoms. The fraction of sp³-hybridized carbons (Fsp3) is 0.308. The van der Waals surface area contributed by atoms with Crippen LogP contribution < -0.4 is 10.1 Å². The highest BCUT2D eigenvalue weighted by molar-refractivity contribution is 5.69. The number of epoxide rings is 1. The lowest BCUT2D eigenvalue weighted by Crippen LogP contribution is -2.15. The van der Waals surface area contributed by atoms with Crippen LogP contribution in [-0.4, -0.2) is 32.5 Å². The van der Waals surface area contributed by atoms with E-state index < -0.39 is 6.09 Å². The first kappa shape index (κ1) is 12.4. The summed E-state index contributed by atoms with van der Waals surface area (Å²) >= 11 is 0. The Balaban J connectivity index is 1.80. The number of carbonyl (C=O) groups excluding carboxylic acids is 1. The fourth-order valence-corrected chi connectivity index (χ4v) is 1.29. The minimum Gasteiger partial charge on any atom is -0.491 e. The molecule has 1 amide bonds. The largest absolute Gasteiger partial charge is 0.491 e. The van der Waals surface area contributed by atoms with Gasteiger partial charge >= 0.3 is 6.09 Å². The molecule has 1 aliphatic rings. The van der Waals surface area contributed by atoms with Crippen LogP contribution in [0.4, 0.5) is 4.79 Å². The maximum absolute atomic E-state index is 10.8. The SMILES string of the molecule is COC(=O)NC=Cc1ccc(OCC2CO2)cc1. The molecule has 1 aromatic rings. The number of benzene rings is 1. The monoisotopic (exact) mass is 249 g/mol. The number of amides is 1. The third-order valence-corrected chi connectivity index (χ3v) is 2.38. The van der Waals surface area contributed by atoms with Gasteiger partial charge in [0, 0.05) is 6.20 Å². The summed E-state index contributed by atoms with van der Waals surface area (Å²) in [4.78, 5) is 10.8. The lowest BCUT2D eigenvalue weighted by atomic mass is 10.2. The van der Waals surface area contributed by atoms with Crippen LogP contribution in [0.5, 0.6) is 5.75 Å². The molecule has 5 nitrogen and oxygen atoms in total. The molecule has 0 saturated carbocycles. The van der Waals surface area contributed by atoms with Crippen LogP contribution in [0.25, 0.3) is 6.08 Å². The number of methoxy groups -OCH3 is 1. The van der Waals surface area contributed by atoms with Crippen LogP contribution in [0.1, 0.15) is 5.56 Å². The predicted octanol–water partition coefficient (Wildman–Crippen LogP) is 1.79. The number of carbonyl (C=O) groups is 1. The van der Waals surface area contributed by atoms with Gasteiger partial charge in [-0.05, 0) is 23.8 Å². The predicted molar refractivity (Wildman–Crippen MR) is 66.3 cm³/mol. The second-order valence-corrected chi connectivity index (χ2v) is 3.80. The van der Waals surface area contributed by atoms with Gasteiger partial charge in [0.2, 0.25) is 0 Å². The molecule has 1 fully saturated rings. The minimum absolute atomic E-state index is 0.258. The van der Waals surface area contributed by atoms with Gasteiger partial charge in [-0.1, -0.05) is 12.1 Å². The van der Waals surface area contributed by atoms with Crippen molar-refractivity contribution in [3.63, 3.8) is 0 Å². The van der Waals surface area contributed by atoms with E-state index in [9.17, 15) is 4.79 Å². The number of rotatable bonds is 5. The standard InChI is InChI=1S/C13H15NO4/c1-16-13(15)14-7-6-10-2-4-11(5-3-10)17-8-12-9-18-12/h2-7,12H,8-9H2,1H3,(H,14,15). The smallest absolute Gasteiger partial charge is 0.410 e. The molecule has 1 unspecified atom stereocenters. The molecule has 2 rings (SSSR count). The van der Waals surface area contributed by atoms with Crippen LogP contribution >= 0.6 is 0 Å². The van der Waals surface area contributed by atoms with Crippen molar-refractivity contribution in [2.45, 2.75) is 6.10 Å². The maximum atomic E-state index is 10.8. The van der Waals surface area contributed by atoms with E-state index in [1.807, 2.05) is 24.3 Å². The van der Waals surface area contributed by atoms with Crippen molar-refractivity contribution in [1.82, 2.24) is 5.32 Å². The maximum Gasteiger partial charge on any atom is 0.410 e. The van der Waals surface area contributed by atoms with Crippen molar-refractivity contribution < 1.29 is 19.0 Å². The van der Waals surface area contributed by atoms with Gasteiger partial charge in [0.05, 0.1) is 13.7 Å². The van der Waals surface area contributed by atoms with Crippen molar-refractivity contribution in [2.24, 2.45) is 0 Å². The highest BCUT2D eigenvalue weighted by atomic mass is 16.6. The summed E-state index contributed by atoms with van der Waals surface area (Å²) in [6.45, 7) is 1.39. The molecule has 5 heteroatoms. The summed E-state index contributed by atoms with van der Waals surface area (Å²) in [5.41, 5.74) is 0.960. The molecule has 1 aliphatic heterocycles. The molecule has 1 saturated heterocycles. The molecular weight excluding hydrogens is 234 g/mol. The van der Waals surface area contributed by atoms with E-state index in [0.717, 1.165) is 17.9 Å². The van der Waals surface area contributed by atoms with E-state index >= 15 is 0 Å². The Morgan fingerprint density at radius 1 is 1.50 bits per heavy atom. The van der Waals surface area contributed by atoms with E-state index in [1.54, 1.807) is 6.08 Å². The Morgan fingerprint density at radius 2 is 2.22 bits per heavy atom. The van der Waals surface area contributed by atoms with Crippen LogP contribution in [-0.2, 0) is 9.47 Å². The zero-order chi connectivity index (χ0) is 12.8. The van der Waals surface area contributed by atoms with Crippen LogP contribution in [0.2, 0.25) is 0 Å². The zero-order valence-corrected chi connectivity index (χ0v) is 10.1. The summed E-state index contributed by atoms with van der Waals surface area (Å²) in [5, 5.41) is 2.45. The highest BCUT2D eigenvalue weighted by Gasteiger charge is 2.22. The molecule has 1 N–H and O–H groups in total. The number of ether oxygens (including phenoxy) is 3. The van der Waals surface area contributed by atoms with Crippen molar-refractivity contribution in [2.75, 3.05) is 20.3 Å². The first-order chi connectivity index (χ1) is 8.78. The van der Waals surface area contributed by atoms with E-state index in [1.165, 1.54) is 13.3 Å². The van der Waals surface area contributed by atoms with Gasteiger partial charge in [-0.15, -0.1) is 0 Å². The summed E-state index contributed by atoms with van der Waals surface area (Å²) < 4.78 is 15.0. The molecule has 1 atom stereocenters. The topological polar surface area (TPSA) is 60.1 Å². The summed E-state index contributed by atoms with van der Waals surface area (Å²) in [6.07, 6.45) is 3.06. The van der Waals surface area contributed by atoms with Gasteiger partial charge < -0.3 is 14.2 Å². The Morgan fingerprint density at radius 3 is 2.83 bits per heavy atom. The normalized spacial score (nSPS) is 17.5. The summed E-state index contributed by atoms with van der Waals surface area (Å²) in [5.74, 6) is 0.809. The Bertz CT molecular complexity index is 423. The third-order valence-electron chi connectivity index (χ3n) is 2.38. The molecule has 1 heterocycles.